The Labute approximate surface area is 135 Å². The molecule has 5 nitrogen and oxygen atoms in total. The number of nitrogens with zero attached hydrogens (tertiary/aromatic N) is 1. The van der Waals surface area contributed by atoms with Gasteiger partial charge in [-0.3, -0.25) is 9.78 Å². The molecule has 0 saturated heterocycles. The Hall–Kier alpha value is -2.58. The molecule has 2 aromatic rings. The first-order valence-electron chi connectivity index (χ1n) is 7.38. The van der Waals surface area contributed by atoms with E-state index in [1.54, 1.807) is 38.4 Å². The molecule has 0 spiro atoms. The minimum atomic E-state index is -1.10. The number of aromatic nitrogens is 1. The molecule has 2 N–H and O–H groups in total. The maximum atomic E-state index is 12.1. The highest BCUT2D eigenvalue weighted by Crippen LogP contribution is 2.09. The van der Waals surface area contributed by atoms with Crippen molar-refractivity contribution in [1.29, 1.82) is 0 Å². The van der Waals surface area contributed by atoms with E-state index in [0.29, 0.717) is 12.2 Å². The number of aliphatic hydroxyl groups is 1. The van der Waals surface area contributed by atoms with Crippen molar-refractivity contribution < 1.29 is 14.3 Å². The van der Waals surface area contributed by atoms with E-state index in [1.807, 2.05) is 19.1 Å². The van der Waals surface area contributed by atoms with Crippen LogP contribution >= 0.6 is 0 Å². The molecule has 0 fully saturated rings. The summed E-state index contributed by atoms with van der Waals surface area (Å²) in [6.45, 7) is 5.08. The molecule has 2 rings (SSSR count). The number of hydrogen-bond donors (Lipinski definition) is 2. The van der Waals surface area contributed by atoms with Crippen LogP contribution in [0.1, 0.15) is 42.6 Å². The van der Waals surface area contributed by atoms with Gasteiger partial charge in [0.05, 0.1) is 0 Å². The zero-order valence-electron chi connectivity index (χ0n) is 13.5. The SMILES string of the molecule is CC(Cc1cccnc1)NC(=O)c1ccc(C#CC(C)(C)O)o1. The normalized spacial score (nSPS) is 12.2. The van der Waals surface area contributed by atoms with Crippen molar-refractivity contribution in [3.63, 3.8) is 0 Å². The molecule has 0 aliphatic carbocycles. The van der Waals surface area contributed by atoms with Crippen LogP contribution in [0.2, 0.25) is 0 Å². The van der Waals surface area contributed by atoms with Gasteiger partial charge in [0.15, 0.2) is 11.5 Å². The Bertz CT molecular complexity index is 718. The number of nitrogens with one attached hydrogen (secondary N) is 1. The van der Waals surface area contributed by atoms with E-state index in [9.17, 15) is 9.90 Å². The highest BCUT2D eigenvalue weighted by Gasteiger charge is 2.14. The van der Waals surface area contributed by atoms with Gasteiger partial charge in [-0.2, -0.15) is 0 Å². The van der Waals surface area contributed by atoms with Gasteiger partial charge in [0.2, 0.25) is 0 Å². The van der Waals surface area contributed by atoms with Gasteiger partial charge in [0.1, 0.15) is 5.60 Å². The minimum absolute atomic E-state index is 0.0530. The number of furan rings is 1. The van der Waals surface area contributed by atoms with Crippen molar-refractivity contribution in [3.8, 4) is 11.8 Å². The summed E-state index contributed by atoms with van der Waals surface area (Å²) in [5.41, 5.74) is -0.0514. The summed E-state index contributed by atoms with van der Waals surface area (Å²) >= 11 is 0. The predicted molar refractivity (Wildman–Crippen MR) is 86.8 cm³/mol. The van der Waals surface area contributed by atoms with Crippen LogP contribution in [-0.2, 0) is 6.42 Å². The molecule has 1 amide bonds. The predicted octanol–water partition coefficient (Wildman–Crippen LogP) is 2.16. The van der Waals surface area contributed by atoms with E-state index in [-0.39, 0.29) is 17.7 Å². The van der Waals surface area contributed by atoms with Crippen LogP contribution < -0.4 is 5.32 Å². The molecule has 0 radical (unpaired) electrons. The first-order valence-corrected chi connectivity index (χ1v) is 7.38. The summed E-state index contributed by atoms with van der Waals surface area (Å²) < 4.78 is 5.38. The van der Waals surface area contributed by atoms with E-state index < -0.39 is 5.60 Å². The monoisotopic (exact) mass is 312 g/mol. The van der Waals surface area contributed by atoms with Crippen LogP contribution in [0.5, 0.6) is 0 Å². The molecule has 1 atom stereocenters. The summed E-state index contributed by atoms with van der Waals surface area (Å²) in [6.07, 6.45) is 4.18. The first-order chi connectivity index (χ1) is 10.8. The molecule has 1 unspecified atom stereocenters. The zero-order valence-corrected chi connectivity index (χ0v) is 13.5. The molecule has 0 aromatic carbocycles. The number of amides is 1. The van der Waals surface area contributed by atoms with Crippen LogP contribution in [0.15, 0.2) is 41.1 Å². The van der Waals surface area contributed by atoms with Gasteiger partial charge in [-0.05, 0) is 56.9 Å². The zero-order chi connectivity index (χ0) is 16.9. The Morgan fingerprint density at radius 2 is 2.22 bits per heavy atom. The lowest BCUT2D eigenvalue weighted by atomic mass is 10.1. The average molecular weight is 312 g/mol. The number of pyridine rings is 1. The van der Waals surface area contributed by atoms with E-state index in [2.05, 4.69) is 22.1 Å². The molecule has 0 bridgehead atoms. The molecule has 0 saturated carbocycles. The molecule has 0 aliphatic rings. The van der Waals surface area contributed by atoms with Crippen molar-refractivity contribution in [3.05, 3.63) is 53.7 Å². The second-order valence-electron chi connectivity index (χ2n) is 5.91. The summed E-state index contributed by atoms with van der Waals surface area (Å²) in [5.74, 6) is 5.58. The molecule has 2 heterocycles. The van der Waals surface area contributed by atoms with E-state index in [4.69, 9.17) is 4.42 Å². The standard InChI is InChI=1S/C18H20N2O3/c1-13(11-14-5-4-10-19-12-14)20-17(21)16-7-6-15(23-16)8-9-18(2,3)22/h4-7,10,12-13,22H,11H2,1-3H3,(H,20,21). The second kappa shape index (κ2) is 7.12. The Morgan fingerprint density at radius 1 is 1.43 bits per heavy atom. The third-order valence-corrected chi connectivity index (χ3v) is 2.96. The quantitative estimate of drug-likeness (QED) is 0.848. The second-order valence-corrected chi connectivity index (χ2v) is 5.91. The maximum absolute atomic E-state index is 12.1. The van der Waals surface area contributed by atoms with Crippen molar-refractivity contribution in [2.75, 3.05) is 0 Å². The van der Waals surface area contributed by atoms with Gasteiger partial charge in [0, 0.05) is 18.4 Å². The average Bonchev–Trinajstić information content (AvgIpc) is 2.94. The fraction of sp³-hybridized carbons (Fsp3) is 0.333. The van der Waals surface area contributed by atoms with Crippen LogP contribution in [-0.4, -0.2) is 27.6 Å². The minimum Gasteiger partial charge on any atom is -0.443 e. The summed E-state index contributed by atoms with van der Waals surface area (Å²) in [4.78, 5) is 16.2. The summed E-state index contributed by atoms with van der Waals surface area (Å²) in [6, 6.07) is 6.96. The number of rotatable bonds is 4. The Kier molecular flexibility index (Phi) is 5.20. The number of carbonyl (C=O) groups is 1. The highest BCUT2D eigenvalue weighted by atomic mass is 16.3. The fourth-order valence-corrected chi connectivity index (χ4v) is 1.96. The fourth-order valence-electron chi connectivity index (χ4n) is 1.96. The summed E-state index contributed by atoms with van der Waals surface area (Å²) in [7, 11) is 0. The lowest BCUT2D eigenvalue weighted by Gasteiger charge is -2.12. The summed E-state index contributed by atoms with van der Waals surface area (Å²) in [5, 5.41) is 12.4. The number of hydrogen-bond acceptors (Lipinski definition) is 4. The Morgan fingerprint density at radius 3 is 2.87 bits per heavy atom. The molecule has 5 heteroatoms. The molecular formula is C18H20N2O3. The first kappa shape index (κ1) is 16.8. The largest absolute Gasteiger partial charge is 0.443 e. The van der Waals surface area contributed by atoms with E-state index in [0.717, 1.165) is 5.56 Å². The van der Waals surface area contributed by atoms with E-state index in [1.165, 1.54) is 0 Å². The Balaban J connectivity index is 1.95. The number of carbonyl (C=O) groups excluding carboxylic acids is 1. The maximum Gasteiger partial charge on any atom is 0.287 e. The molecular weight excluding hydrogens is 292 g/mol. The van der Waals surface area contributed by atoms with Gasteiger partial charge in [-0.15, -0.1) is 0 Å². The van der Waals surface area contributed by atoms with Crippen LogP contribution in [0.4, 0.5) is 0 Å². The van der Waals surface area contributed by atoms with Gasteiger partial charge < -0.3 is 14.8 Å². The molecule has 23 heavy (non-hydrogen) atoms. The van der Waals surface area contributed by atoms with Gasteiger partial charge in [-0.1, -0.05) is 12.0 Å². The lowest BCUT2D eigenvalue weighted by Crippen LogP contribution is -2.33. The van der Waals surface area contributed by atoms with Gasteiger partial charge in [0.25, 0.3) is 5.91 Å². The molecule has 2 aromatic heterocycles. The highest BCUT2D eigenvalue weighted by molar-refractivity contribution is 5.91. The van der Waals surface area contributed by atoms with Gasteiger partial charge in [-0.25, -0.2) is 0 Å². The van der Waals surface area contributed by atoms with Gasteiger partial charge >= 0.3 is 0 Å². The topological polar surface area (TPSA) is 75.4 Å². The van der Waals surface area contributed by atoms with Crippen LogP contribution in [0.25, 0.3) is 0 Å². The van der Waals surface area contributed by atoms with Crippen LogP contribution in [0.3, 0.4) is 0 Å². The molecule has 0 aliphatic heterocycles. The van der Waals surface area contributed by atoms with Crippen molar-refractivity contribution >= 4 is 5.91 Å². The third-order valence-electron chi connectivity index (χ3n) is 2.96. The smallest absolute Gasteiger partial charge is 0.287 e. The van der Waals surface area contributed by atoms with Crippen molar-refractivity contribution in [2.45, 2.75) is 38.8 Å². The van der Waals surface area contributed by atoms with Crippen molar-refractivity contribution in [1.82, 2.24) is 10.3 Å². The lowest BCUT2D eigenvalue weighted by molar-refractivity contribution is 0.0911. The van der Waals surface area contributed by atoms with E-state index >= 15 is 0 Å². The third kappa shape index (κ3) is 5.61. The van der Waals surface area contributed by atoms with Crippen molar-refractivity contribution in [2.24, 2.45) is 0 Å². The van der Waals surface area contributed by atoms with Crippen LogP contribution in [0, 0.1) is 11.8 Å². The molecule has 120 valence electrons.